The van der Waals surface area contributed by atoms with Crippen molar-refractivity contribution in [3.05, 3.63) is 29.3 Å². The van der Waals surface area contributed by atoms with Crippen molar-refractivity contribution in [1.82, 2.24) is 0 Å². The molecule has 0 saturated carbocycles. The number of aryl methyl sites for hydroxylation is 1. The zero-order valence-electron chi connectivity index (χ0n) is 9.42. The van der Waals surface area contributed by atoms with E-state index in [0.717, 1.165) is 12.2 Å². The maximum Gasteiger partial charge on any atom is 0.123 e. The Hall–Kier alpha value is -0.980. The molecule has 0 fully saturated rings. The third kappa shape index (κ3) is 1.63. The highest BCUT2D eigenvalue weighted by molar-refractivity contribution is 5.41. The van der Waals surface area contributed by atoms with Crippen molar-refractivity contribution in [2.24, 2.45) is 0 Å². The molecule has 1 aromatic rings. The van der Waals surface area contributed by atoms with Crippen LogP contribution in [0.5, 0.6) is 5.75 Å². The minimum atomic E-state index is -0.0122. The van der Waals surface area contributed by atoms with Crippen LogP contribution in [-0.4, -0.2) is 5.60 Å². The van der Waals surface area contributed by atoms with Gasteiger partial charge in [-0.15, -0.1) is 0 Å². The third-order valence-corrected chi connectivity index (χ3v) is 2.88. The second-order valence-corrected chi connectivity index (χ2v) is 5.01. The van der Waals surface area contributed by atoms with Crippen molar-refractivity contribution in [1.29, 1.82) is 0 Å². The lowest BCUT2D eigenvalue weighted by atomic mass is 9.85. The fraction of sp³-hybridized carbons (Fsp3) is 0.538. The minimum absolute atomic E-state index is 0.0122. The summed E-state index contributed by atoms with van der Waals surface area (Å²) in [4.78, 5) is 0. The van der Waals surface area contributed by atoms with Crippen LogP contribution in [-0.2, 0) is 0 Å². The maximum atomic E-state index is 5.94. The molecule has 1 heterocycles. The first-order valence-corrected chi connectivity index (χ1v) is 5.27. The second-order valence-electron chi connectivity index (χ2n) is 5.01. The lowest BCUT2D eigenvalue weighted by molar-refractivity contribution is 0.0746. The topological polar surface area (TPSA) is 9.23 Å². The van der Waals surface area contributed by atoms with Gasteiger partial charge in [0.2, 0.25) is 0 Å². The molecule has 0 spiro atoms. The van der Waals surface area contributed by atoms with Gasteiger partial charge in [0.1, 0.15) is 11.4 Å². The molecule has 0 N–H and O–H groups in total. The molecule has 2 rings (SSSR count). The number of benzene rings is 1. The molecule has 0 bridgehead atoms. The van der Waals surface area contributed by atoms with Crippen molar-refractivity contribution in [3.63, 3.8) is 0 Å². The molecule has 0 radical (unpaired) electrons. The summed E-state index contributed by atoms with van der Waals surface area (Å²) in [5.74, 6) is 1.67. The molecule has 0 amide bonds. The quantitative estimate of drug-likeness (QED) is 0.606. The van der Waals surface area contributed by atoms with Gasteiger partial charge >= 0.3 is 0 Å². The maximum absolute atomic E-state index is 5.94. The molecule has 1 nitrogen and oxygen atoms in total. The predicted octanol–water partition coefficient (Wildman–Crippen LogP) is 3.66. The van der Waals surface area contributed by atoms with Crippen LogP contribution < -0.4 is 4.74 Å². The van der Waals surface area contributed by atoms with Crippen LogP contribution in [0.3, 0.4) is 0 Å². The summed E-state index contributed by atoms with van der Waals surface area (Å²) >= 11 is 0. The van der Waals surface area contributed by atoms with Gasteiger partial charge in [-0.3, -0.25) is 0 Å². The minimum Gasteiger partial charge on any atom is -0.488 e. The van der Waals surface area contributed by atoms with E-state index >= 15 is 0 Å². The average molecular weight is 190 g/mol. The van der Waals surface area contributed by atoms with Gasteiger partial charge in [-0.2, -0.15) is 0 Å². The summed E-state index contributed by atoms with van der Waals surface area (Å²) in [6.45, 7) is 8.73. The number of hydrogen-bond donors (Lipinski definition) is 0. The second kappa shape index (κ2) is 3.01. The number of rotatable bonds is 0. The van der Waals surface area contributed by atoms with Crippen LogP contribution in [0.1, 0.15) is 44.2 Å². The molecule has 0 aliphatic carbocycles. The van der Waals surface area contributed by atoms with E-state index in [9.17, 15) is 0 Å². The largest absolute Gasteiger partial charge is 0.488 e. The summed E-state index contributed by atoms with van der Waals surface area (Å²) < 4.78 is 5.94. The Kier molecular flexibility index (Phi) is 2.06. The molecular formula is C13H18O. The first-order valence-electron chi connectivity index (χ1n) is 5.27. The van der Waals surface area contributed by atoms with Gasteiger partial charge in [-0.05, 0) is 44.7 Å². The van der Waals surface area contributed by atoms with E-state index in [1.165, 1.54) is 11.1 Å². The summed E-state index contributed by atoms with van der Waals surface area (Å²) in [5, 5.41) is 0. The van der Waals surface area contributed by atoms with Crippen molar-refractivity contribution < 1.29 is 4.74 Å². The van der Waals surface area contributed by atoms with E-state index in [0.29, 0.717) is 5.92 Å². The molecule has 1 atom stereocenters. The standard InChI is InChI=1S/C13H18O/c1-9-5-6-12-11(7-9)10(2)8-13(3,4)14-12/h5-7,10H,8H2,1-4H3/t10-/m0/s1. The zero-order valence-corrected chi connectivity index (χ0v) is 9.42. The fourth-order valence-corrected chi connectivity index (χ4v) is 2.33. The molecule has 76 valence electrons. The first kappa shape index (κ1) is 9.57. The molecule has 14 heavy (non-hydrogen) atoms. The Bertz CT molecular complexity index is 352. The summed E-state index contributed by atoms with van der Waals surface area (Å²) in [5.41, 5.74) is 2.67. The van der Waals surface area contributed by atoms with Crippen LogP contribution in [0.25, 0.3) is 0 Å². The highest BCUT2D eigenvalue weighted by Gasteiger charge is 2.30. The number of hydrogen-bond acceptors (Lipinski definition) is 1. The predicted molar refractivity (Wildman–Crippen MR) is 58.9 cm³/mol. The van der Waals surface area contributed by atoms with Gasteiger partial charge in [0.25, 0.3) is 0 Å². The van der Waals surface area contributed by atoms with E-state index in [2.05, 4.69) is 45.9 Å². The summed E-state index contributed by atoms with van der Waals surface area (Å²) in [6.07, 6.45) is 1.10. The van der Waals surface area contributed by atoms with E-state index in [-0.39, 0.29) is 5.60 Å². The Morgan fingerprint density at radius 1 is 1.36 bits per heavy atom. The van der Waals surface area contributed by atoms with E-state index in [1.807, 2.05) is 0 Å². The molecule has 1 heteroatoms. The molecule has 1 aliphatic heterocycles. The van der Waals surface area contributed by atoms with Gasteiger partial charge in [0.15, 0.2) is 0 Å². The first-order chi connectivity index (χ1) is 6.48. The summed E-state index contributed by atoms with van der Waals surface area (Å²) in [7, 11) is 0. The van der Waals surface area contributed by atoms with Gasteiger partial charge in [-0.1, -0.05) is 24.6 Å². The van der Waals surface area contributed by atoms with E-state index in [4.69, 9.17) is 4.74 Å². The van der Waals surface area contributed by atoms with Crippen LogP contribution in [0.4, 0.5) is 0 Å². The molecule has 1 aromatic carbocycles. The lowest BCUT2D eigenvalue weighted by Crippen LogP contribution is -2.34. The SMILES string of the molecule is Cc1ccc2c(c1)[C@@H](C)CC(C)(C)O2. The number of ether oxygens (including phenoxy) is 1. The highest BCUT2D eigenvalue weighted by atomic mass is 16.5. The summed E-state index contributed by atoms with van der Waals surface area (Å²) in [6, 6.07) is 6.46. The van der Waals surface area contributed by atoms with Gasteiger partial charge < -0.3 is 4.74 Å². The van der Waals surface area contributed by atoms with Crippen molar-refractivity contribution in [3.8, 4) is 5.75 Å². The van der Waals surface area contributed by atoms with Crippen molar-refractivity contribution in [2.45, 2.75) is 45.6 Å². The molecule has 0 aromatic heterocycles. The Labute approximate surface area is 86.1 Å². The lowest BCUT2D eigenvalue weighted by Gasteiger charge is -2.36. The van der Waals surface area contributed by atoms with Gasteiger partial charge in [0.05, 0.1) is 0 Å². The Morgan fingerprint density at radius 3 is 2.79 bits per heavy atom. The Morgan fingerprint density at radius 2 is 2.07 bits per heavy atom. The van der Waals surface area contributed by atoms with Gasteiger partial charge in [-0.25, -0.2) is 0 Å². The fourth-order valence-electron chi connectivity index (χ4n) is 2.33. The molecule has 1 aliphatic rings. The Balaban J connectivity index is 2.45. The van der Waals surface area contributed by atoms with Crippen LogP contribution in [0, 0.1) is 6.92 Å². The van der Waals surface area contributed by atoms with E-state index < -0.39 is 0 Å². The normalized spacial score (nSPS) is 23.9. The van der Waals surface area contributed by atoms with Crippen molar-refractivity contribution in [2.75, 3.05) is 0 Å². The third-order valence-electron chi connectivity index (χ3n) is 2.88. The zero-order chi connectivity index (χ0) is 10.3. The monoisotopic (exact) mass is 190 g/mol. The van der Waals surface area contributed by atoms with Gasteiger partial charge in [0, 0.05) is 0 Å². The molecule has 0 saturated heterocycles. The van der Waals surface area contributed by atoms with Crippen LogP contribution in [0.2, 0.25) is 0 Å². The van der Waals surface area contributed by atoms with Crippen LogP contribution >= 0.6 is 0 Å². The highest BCUT2D eigenvalue weighted by Crippen LogP contribution is 2.40. The van der Waals surface area contributed by atoms with Crippen molar-refractivity contribution >= 4 is 0 Å². The van der Waals surface area contributed by atoms with E-state index in [1.54, 1.807) is 0 Å². The molecular weight excluding hydrogens is 172 g/mol. The number of fused-ring (bicyclic) bond motifs is 1. The molecule has 0 unspecified atom stereocenters. The average Bonchev–Trinajstić information content (AvgIpc) is 2.05. The smallest absolute Gasteiger partial charge is 0.123 e. The van der Waals surface area contributed by atoms with Crippen LogP contribution in [0.15, 0.2) is 18.2 Å².